The van der Waals surface area contributed by atoms with Crippen LogP contribution in [0, 0.1) is 13.8 Å². The Labute approximate surface area is 153 Å². The van der Waals surface area contributed by atoms with Gasteiger partial charge in [0.15, 0.2) is 5.78 Å². The van der Waals surface area contributed by atoms with Gasteiger partial charge >= 0.3 is 0 Å². The average molecular weight is 346 g/mol. The molecule has 0 spiro atoms. The zero-order chi connectivity index (χ0) is 17.6. The summed E-state index contributed by atoms with van der Waals surface area (Å²) in [6, 6.07) is 26.1. The number of thiol groups is 1. The lowest BCUT2D eigenvalue weighted by Gasteiger charge is -2.13. The smallest absolute Gasteiger partial charge is 0.174 e. The van der Waals surface area contributed by atoms with Crippen molar-refractivity contribution in [3.05, 3.63) is 101 Å². The lowest BCUT2D eigenvalue weighted by atomic mass is 9.92. The molecule has 0 aromatic heterocycles. The van der Waals surface area contributed by atoms with E-state index in [-0.39, 0.29) is 11.7 Å². The summed E-state index contributed by atoms with van der Waals surface area (Å²) in [6.45, 7) is 4.21. The van der Waals surface area contributed by atoms with Crippen molar-refractivity contribution in [3.8, 4) is 0 Å². The van der Waals surface area contributed by atoms with Crippen LogP contribution in [0.3, 0.4) is 0 Å². The van der Waals surface area contributed by atoms with Gasteiger partial charge in [0.2, 0.25) is 0 Å². The number of aryl methyl sites for hydroxylation is 2. The predicted octanol–water partition coefficient (Wildman–Crippen LogP) is 5.60. The van der Waals surface area contributed by atoms with Crippen LogP contribution in [0.25, 0.3) is 0 Å². The van der Waals surface area contributed by atoms with Gasteiger partial charge in [-0.3, -0.25) is 4.79 Å². The van der Waals surface area contributed by atoms with Gasteiger partial charge in [-0.25, -0.2) is 0 Å². The molecule has 126 valence electrons. The van der Waals surface area contributed by atoms with E-state index >= 15 is 0 Å². The van der Waals surface area contributed by atoms with Crippen LogP contribution in [0.1, 0.15) is 33.0 Å². The molecule has 0 radical (unpaired) electrons. The minimum atomic E-state index is -0.244. The van der Waals surface area contributed by atoms with Gasteiger partial charge in [-0.2, -0.15) is 11.4 Å². The number of hydrogen-bond acceptors (Lipinski definition) is 1. The van der Waals surface area contributed by atoms with Crippen LogP contribution in [0.15, 0.2) is 83.8 Å². The quantitative estimate of drug-likeness (QED) is 0.362. The average Bonchev–Trinajstić information content (AvgIpc) is 2.62. The summed E-state index contributed by atoms with van der Waals surface area (Å²) >= 11 is 1.06. The molecule has 2 heteroatoms. The van der Waals surface area contributed by atoms with Crippen molar-refractivity contribution in [3.63, 3.8) is 0 Å². The molecule has 25 heavy (non-hydrogen) atoms. The van der Waals surface area contributed by atoms with Crippen LogP contribution < -0.4 is 0 Å². The maximum Gasteiger partial charge on any atom is 0.174 e. The van der Waals surface area contributed by atoms with Crippen molar-refractivity contribution >= 4 is 22.5 Å². The molecule has 0 saturated carbocycles. The monoisotopic (exact) mass is 346 g/mol. The van der Waals surface area contributed by atoms with Crippen LogP contribution in [-0.2, 0) is 0 Å². The number of benzene rings is 3. The molecule has 0 aliphatic carbocycles. The second-order valence-corrected chi connectivity index (χ2v) is 7.32. The second kappa shape index (κ2) is 8.09. The summed E-state index contributed by atoms with van der Waals surface area (Å²) < 4.78 is 0. The van der Waals surface area contributed by atoms with Gasteiger partial charge in [-0.15, -0.1) is 0 Å². The van der Waals surface area contributed by atoms with E-state index in [4.69, 9.17) is 0 Å². The molecule has 0 aliphatic heterocycles. The largest absolute Gasteiger partial charge is 0.293 e. The molecule has 0 bridgehead atoms. The molecule has 0 amide bonds. The maximum absolute atomic E-state index is 13.1. The van der Waals surface area contributed by atoms with Gasteiger partial charge in [0.1, 0.15) is 0 Å². The van der Waals surface area contributed by atoms with Crippen LogP contribution in [-0.4, -0.2) is 11.2 Å². The van der Waals surface area contributed by atoms with Crippen LogP contribution in [0.5, 0.6) is 0 Å². The van der Waals surface area contributed by atoms with E-state index in [0.717, 1.165) is 22.5 Å². The predicted molar refractivity (Wildman–Crippen MR) is 109 cm³/mol. The Morgan fingerprint density at radius 2 is 1.40 bits per heavy atom. The fourth-order valence-electron chi connectivity index (χ4n) is 2.93. The number of carbonyl (C=O) groups excluding carboxylic acids is 1. The van der Waals surface area contributed by atoms with Gasteiger partial charge in [-0.1, -0.05) is 66.7 Å². The first-order valence-corrected chi connectivity index (χ1v) is 9.36. The Kier molecular flexibility index (Phi) is 5.62. The highest BCUT2D eigenvalue weighted by Crippen LogP contribution is 2.23. The Balaban J connectivity index is 1.97. The highest BCUT2D eigenvalue weighted by molar-refractivity contribution is 7.97. The molecule has 0 aliphatic rings. The molecule has 3 rings (SSSR count). The van der Waals surface area contributed by atoms with Gasteiger partial charge in [0.25, 0.3) is 0 Å². The normalized spacial score (nSPS) is 12.6. The van der Waals surface area contributed by atoms with E-state index in [2.05, 4.69) is 37.4 Å². The molecule has 0 saturated heterocycles. The van der Waals surface area contributed by atoms with Gasteiger partial charge in [-0.05, 0) is 52.9 Å². The third kappa shape index (κ3) is 4.55. The van der Waals surface area contributed by atoms with Crippen LogP contribution in [0.4, 0.5) is 0 Å². The highest BCUT2D eigenvalue weighted by Gasteiger charge is 2.19. The Hall–Kier alpha value is -2.45. The Morgan fingerprint density at radius 1 is 0.840 bits per heavy atom. The van der Waals surface area contributed by atoms with E-state index in [1.807, 2.05) is 60.7 Å². The maximum atomic E-state index is 13.1. The lowest BCUT2D eigenvalue weighted by molar-refractivity contribution is 0.0984. The SMILES string of the molecule is Cc1cc(C)cc([SH]=CC(C(=O)c2ccccc2)c2ccccc2)c1. The minimum Gasteiger partial charge on any atom is -0.293 e. The van der Waals surface area contributed by atoms with Crippen molar-refractivity contribution in [1.82, 2.24) is 0 Å². The van der Waals surface area contributed by atoms with E-state index in [1.165, 1.54) is 16.0 Å². The molecule has 0 fully saturated rings. The first-order valence-electron chi connectivity index (χ1n) is 8.40. The molecule has 3 aromatic rings. The van der Waals surface area contributed by atoms with E-state index in [9.17, 15) is 4.79 Å². The standard InChI is InChI=1S/C23H22OS/c1-17-13-18(2)15-21(14-17)25-16-22(19-9-5-3-6-10-19)23(24)20-11-7-4-8-12-20/h3-16,22,25H,1-2H3. The summed E-state index contributed by atoms with van der Waals surface area (Å²) in [4.78, 5) is 14.3. The molecule has 1 unspecified atom stereocenters. The van der Waals surface area contributed by atoms with Crippen molar-refractivity contribution in [2.75, 3.05) is 0 Å². The van der Waals surface area contributed by atoms with Crippen LogP contribution in [0.2, 0.25) is 0 Å². The topological polar surface area (TPSA) is 17.1 Å². The van der Waals surface area contributed by atoms with Crippen LogP contribution >= 0.6 is 11.4 Å². The van der Waals surface area contributed by atoms with Gasteiger partial charge in [0, 0.05) is 5.56 Å². The zero-order valence-electron chi connectivity index (χ0n) is 14.5. The third-order valence-corrected chi connectivity index (χ3v) is 5.08. The number of ketones is 1. The Morgan fingerprint density at radius 3 is 2.00 bits per heavy atom. The van der Waals surface area contributed by atoms with E-state index in [0.29, 0.717) is 0 Å². The van der Waals surface area contributed by atoms with Crippen molar-refractivity contribution in [2.24, 2.45) is 0 Å². The molecular weight excluding hydrogens is 324 g/mol. The minimum absolute atomic E-state index is 0.142. The van der Waals surface area contributed by atoms with Gasteiger partial charge in [0.05, 0.1) is 5.92 Å². The number of hydrogen-bond donors (Lipinski definition) is 1. The molecule has 0 heterocycles. The van der Waals surface area contributed by atoms with Crippen molar-refractivity contribution in [2.45, 2.75) is 24.7 Å². The fraction of sp³-hybridized carbons (Fsp3) is 0.130. The fourth-order valence-corrected chi connectivity index (χ4v) is 4.12. The molecule has 1 atom stereocenters. The summed E-state index contributed by atoms with van der Waals surface area (Å²) in [6.07, 6.45) is 0. The Bertz CT molecular complexity index is 862. The zero-order valence-corrected chi connectivity index (χ0v) is 15.4. The third-order valence-electron chi connectivity index (χ3n) is 4.08. The number of Topliss-reactive ketones (excluding diaryl/α,β-unsaturated/α-hetero) is 1. The van der Waals surface area contributed by atoms with E-state index in [1.54, 1.807) is 0 Å². The van der Waals surface area contributed by atoms with Crippen molar-refractivity contribution in [1.29, 1.82) is 0 Å². The number of carbonyl (C=O) groups is 1. The highest BCUT2D eigenvalue weighted by atomic mass is 32.1. The summed E-state index contributed by atoms with van der Waals surface area (Å²) in [7, 11) is 0. The first-order chi connectivity index (χ1) is 12.1. The molecular formula is C23H22OS. The first kappa shape index (κ1) is 17.4. The molecule has 1 nitrogen and oxygen atoms in total. The number of rotatable bonds is 5. The summed E-state index contributed by atoms with van der Waals surface area (Å²) in [5.74, 6) is -0.102. The summed E-state index contributed by atoms with van der Waals surface area (Å²) in [5.41, 5.74) is 4.29. The van der Waals surface area contributed by atoms with Crippen molar-refractivity contribution < 1.29 is 4.79 Å². The lowest BCUT2D eigenvalue weighted by Crippen LogP contribution is -2.13. The molecule has 0 N–H and O–H groups in total. The van der Waals surface area contributed by atoms with E-state index < -0.39 is 0 Å². The van der Waals surface area contributed by atoms with Gasteiger partial charge < -0.3 is 0 Å². The summed E-state index contributed by atoms with van der Waals surface area (Å²) in [5, 5.41) is 2.11. The molecule has 3 aromatic carbocycles. The second-order valence-electron chi connectivity index (χ2n) is 6.24.